The van der Waals surface area contributed by atoms with Gasteiger partial charge in [0.2, 0.25) is 5.82 Å². The van der Waals surface area contributed by atoms with Gasteiger partial charge in [-0.05, 0) is 35.0 Å². The van der Waals surface area contributed by atoms with Crippen molar-refractivity contribution >= 4 is 17.7 Å². The van der Waals surface area contributed by atoms with Gasteiger partial charge in [0.1, 0.15) is 0 Å². The summed E-state index contributed by atoms with van der Waals surface area (Å²) >= 11 is 5.86. The van der Waals surface area contributed by atoms with Gasteiger partial charge in [-0.15, -0.1) is 10.2 Å². The lowest BCUT2D eigenvalue weighted by molar-refractivity contribution is 0.583. The SMILES string of the molecule is Clc1ccc(-c2nnn(C/C=C/c3ccccc3)n2)cc1. The maximum Gasteiger partial charge on any atom is 0.204 e. The van der Waals surface area contributed by atoms with Crippen molar-refractivity contribution in [2.24, 2.45) is 0 Å². The smallest absolute Gasteiger partial charge is 0.160 e. The second-order valence-electron chi connectivity index (χ2n) is 4.49. The molecule has 1 heterocycles. The first-order valence-electron chi connectivity index (χ1n) is 6.56. The number of allylic oxidation sites excluding steroid dienone is 1. The topological polar surface area (TPSA) is 43.6 Å². The third-order valence-corrected chi connectivity index (χ3v) is 3.19. The Labute approximate surface area is 127 Å². The second kappa shape index (κ2) is 6.33. The molecule has 0 aliphatic carbocycles. The first-order valence-corrected chi connectivity index (χ1v) is 6.94. The first-order chi connectivity index (χ1) is 10.3. The van der Waals surface area contributed by atoms with E-state index in [1.807, 2.05) is 66.7 Å². The highest BCUT2D eigenvalue weighted by Gasteiger charge is 2.04. The monoisotopic (exact) mass is 296 g/mol. The quantitative estimate of drug-likeness (QED) is 0.737. The van der Waals surface area contributed by atoms with Crippen LogP contribution in [0.3, 0.4) is 0 Å². The lowest BCUT2D eigenvalue weighted by Gasteiger charge is -1.94. The molecule has 2 aromatic carbocycles. The van der Waals surface area contributed by atoms with Gasteiger partial charge in [-0.3, -0.25) is 0 Å². The third-order valence-electron chi connectivity index (χ3n) is 2.93. The Kier molecular flexibility index (Phi) is 4.07. The van der Waals surface area contributed by atoms with Crippen LogP contribution < -0.4 is 0 Å². The van der Waals surface area contributed by atoms with E-state index in [4.69, 9.17) is 11.6 Å². The molecule has 1 aromatic heterocycles. The number of tetrazole rings is 1. The van der Waals surface area contributed by atoms with Crippen LogP contribution in [-0.2, 0) is 6.54 Å². The van der Waals surface area contributed by atoms with Crippen molar-refractivity contribution < 1.29 is 0 Å². The molecule has 4 nitrogen and oxygen atoms in total. The van der Waals surface area contributed by atoms with Gasteiger partial charge in [0.15, 0.2) is 0 Å². The Morgan fingerprint density at radius 2 is 1.76 bits per heavy atom. The Balaban J connectivity index is 1.68. The van der Waals surface area contributed by atoms with E-state index < -0.39 is 0 Å². The maximum absolute atomic E-state index is 5.86. The van der Waals surface area contributed by atoms with E-state index in [0.717, 1.165) is 11.1 Å². The van der Waals surface area contributed by atoms with Crippen LogP contribution in [0.2, 0.25) is 5.02 Å². The molecule has 0 N–H and O–H groups in total. The molecule has 3 aromatic rings. The standard InChI is InChI=1S/C16H13ClN4/c17-15-10-8-14(9-11-15)16-18-20-21(19-16)12-4-7-13-5-2-1-3-6-13/h1-11H,12H2/b7-4+. The van der Waals surface area contributed by atoms with Crippen molar-refractivity contribution in [3.05, 3.63) is 71.3 Å². The van der Waals surface area contributed by atoms with Crippen molar-refractivity contribution in [2.75, 3.05) is 0 Å². The summed E-state index contributed by atoms with van der Waals surface area (Å²) in [5, 5.41) is 13.1. The van der Waals surface area contributed by atoms with Crippen molar-refractivity contribution in [2.45, 2.75) is 6.54 Å². The zero-order valence-electron chi connectivity index (χ0n) is 11.2. The molecule has 0 bridgehead atoms. The normalized spacial score (nSPS) is 11.1. The van der Waals surface area contributed by atoms with Crippen LogP contribution in [0.5, 0.6) is 0 Å². The van der Waals surface area contributed by atoms with Crippen molar-refractivity contribution in [3.8, 4) is 11.4 Å². The maximum atomic E-state index is 5.86. The Hall–Kier alpha value is -2.46. The number of benzene rings is 2. The van der Waals surface area contributed by atoms with Crippen LogP contribution in [-0.4, -0.2) is 20.2 Å². The number of hydrogen-bond donors (Lipinski definition) is 0. The van der Waals surface area contributed by atoms with E-state index >= 15 is 0 Å². The molecule has 21 heavy (non-hydrogen) atoms. The molecule has 0 saturated heterocycles. The molecule has 104 valence electrons. The van der Waals surface area contributed by atoms with Gasteiger partial charge in [0.25, 0.3) is 0 Å². The summed E-state index contributed by atoms with van der Waals surface area (Å²) in [6.45, 7) is 0.579. The molecule has 0 unspecified atom stereocenters. The van der Waals surface area contributed by atoms with Gasteiger partial charge in [-0.1, -0.05) is 54.1 Å². The van der Waals surface area contributed by atoms with Crippen LogP contribution in [0.4, 0.5) is 0 Å². The highest BCUT2D eigenvalue weighted by atomic mass is 35.5. The van der Waals surface area contributed by atoms with E-state index in [2.05, 4.69) is 15.4 Å². The molecule has 0 radical (unpaired) electrons. The molecule has 3 rings (SSSR count). The average molecular weight is 297 g/mol. The van der Waals surface area contributed by atoms with Crippen LogP contribution in [0, 0.1) is 0 Å². The summed E-state index contributed by atoms with van der Waals surface area (Å²) in [5.74, 6) is 0.597. The molecule has 0 aliphatic rings. The molecule has 0 aliphatic heterocycles. The fraction of sp³-hybridized carbons (Fsp3) is 0.0625. The predicted octanol–water partition coefficient (Wildman–Crippen LogP) is 3.71. The number of halogens is 1. The van der Waals surface area contributed by atoms with E-state index in [1.165, 1.54) is 0 Å². The number of rotatable bonds is 4. The molecule has 0 spiro atoms. The Morgan fingerprint density at radius 1 is 1.00 bits per heavy atom. The van der Waals surface area contributed by atoms with Gasteiger partial charge in [-0.2, -0.15) is 4.80 Å². The van der Waals surface area contributed by atoms with Gasteiger partial charge in [-0.25, -0.2) is 0 Å². The highest BCUT2D eigenvalue weighted by Crippen LogP contribution is 2.16. The largest absolute Gasteiger partial charge is 0.204 e. The fourth-order valence-electron chi connectivity index (χ4n) is 1.88. The van der Waals surface area contributed by atoms with E-state index in [1.54, 1.807) is 4.80 Å². The zero-order valence-corrected chi connectivity index (χ0v) is 12.0. The fourth-order valence-corrected chi connectivity index (χ4v) is 2.01. The predicted molar refractivity (Wildman–Crippen MR) is 83.7 cm³/mol. The molecular formula is C16H13ClN4. The van der Waals surface area contributed by atoms with Gasteiger partial charge < -0.3 is 0 Å². The first kappa shape index (κ1) is 13.5. The van der Waals surface area contributed by atoms with Crippen LogP contribution in [0.1, 0.15) is 5.56 Å². The Bertz CT molecular complexity index is 732. The van der Waals surface area contributed by atoms with E-state index in [0.29, 0.717) is 17.4 Å². The molecule has 0 amide bonds. The van der Waals surface area contributed by atoms with Crippen LogP contribution in [0.25, 0.3) is 17.5 Å². The summed E-state index contributed by atoms with van der Waals surface area (Å²) < 4.78 is 0. The Morgan fingerprint density at radius 3 is 2.52 bits per heavy atom. The summed E-state index contributed by atoms with van der Waals surface area (Å²) in [6.07, 6.45) is 4.04. The van der Waals surface area contributed by atoms with Gasteiger partial charge in [0.05, 0.1) is 6.54 Å². The summed E-state index contributed by atoms with van der Waals surface area (Å²) in [7, 11) is 0. The number of hydrogen-bond acceptors (Lipinski definition) is 3. The lowest BCUT2D eigenvalue weighted by Crippen LogP contribution is -1.99. The minimum Gasteiger partial charge on any atom is -0.160 e. The number of nitrogens with zero attached hydrogens (tertiary/aromatic N) is 4. The molecule has 0 saturated carbocycles. The van der Waals surface area contributed by atoms with Crippen LogP contribution >= 0.6 is 11.6 Å². The van der Waals surface area contributed by atoms with Gasteiger partial charge in [0, 0.05) is 10.6 Å². The molecule has 5 heteroatoms. The molecular weight excluding hydrogens is 284 g/mol. The summed E-state index contributed by atoms with van der Waals surface area (Å²) in [5.41, 5.74) is 2.05. The van der Waals surface area contributed by atoms with Crippen molar-refractivity contribution in [1.82, 2.24) is 20.2 Å². The molecule has 0 atom stereocenters. The second-order valence-corrected chi connectivity index (χ2v) is 4.92. The minimum atomic E-state index is 0.579. The summed E-state index contributed by atoms with van der Waals surface area (Å²) in [6, 6.07) is 17.5. The summed E-state index contributed by atoms with van der Waals surface area (Å²) in [4.78, 5) is 1.56. The van der Waals surface area contributed by atoms with Gasteiger partial charge >= 0.3 is 0 Å². The third kappa shape index (κ3) is 3.55. The van der Waals surface area contributed by atoms with E-state index in [-0.39, 0.29) is 0 Å². The van der Waals surface area contributed by atoms with Crippen molar-refractivity contribution in [3.63, 3.8) is 0 Å². The zero-order chi connectivity index (χ0) is 14.5. The number of aromatic nitrogens is 4. The highest BCUT2D eigenvalue weighted by molar-refractivity contribution is 6.30. The average Bonchev–Trinajstić information content (AvgIpc) is 2.98. The minimum absolute atomic E-state index is 0.579. The lowest BCUT2D eigenvalue weighted by atomic mass is 10.2. The van der Waals surface area contributed by atoms with Crippen molar-refractivity contribution in [1.29, 1.82) is 0 Å². The van der Waals surface area contributed by atoms with Crippen LogP contribution in [0.15, 0.2) is 60.7 Å². The molecule has 0 fully saturated rings. The van der Waals surface area contributed by atoms with E-state index in [9.17, 15) is 0 Å².